The quantitative estimate of drug-likeness (QED) is 0.784. The van der Waals surface area contributed by atoms with Crippen LogP contribution in [0.3, 0.4) is 0 Å². The van der Waals surface area contributed by atoms with Crippen molar-refractivity contribution in [1.29, 1.82) is 0 Å². The number of nitrogens with one attached hydrogen (secondary N) is 1. The monoisotopic (exact) mass is 237 g/mol. The van der Waals surface area contributed by atoms with Crippen LogP contribution in [0.2, 0.25) is 0 Å². The van der Waals surface area contributed by atoms with Gasteiger partial charge in [0.2, 0.25) is 11.8 Å². The largest absolute Gasteiger partial charge is 0.476 e. The number of ether oxygens (including phenoxy) is 1. The zero-order valence-corrected chi connectivity index (χ0v) is 10.3. The first-order valence-electron chi connectivity index (χ1n) is 5.77. The molecule has 1 heterocycles. The Hall–Kier alpha value is -1.62. The number of nitrogens with two attached hydrogens (primary N) is 1. The van der Waals surface area contributed by atoms with E-state index in [0.717, 1.165) is 0 Å². The fourth-order valence-corrected chi connectivity index (χ4v) is 1.37. The van der Waals surface area contributed by atoms with E-state index in [0.29, 0.717) is 31.1 Å². The summed E-state index contributed by atoms with van der Waals surface area (Å²) in [6, 6.07) is 3.52. The van der Waals surface area contributed by atoms with Gasteiger partial charge in [0.15, 0.2) is 0 Å². The minimum absolute atomic E-state index is 0.0654. The molecule has 5 nitrogen and oxygen atoms in total. The summed E-state index contributed by atoms with van der Waals surface area (Å²) < 4.78 is 5.33. The molecule has 94 valence electrons. The predicted octanol–water partition coefficient (Wildman–Crippen LogP) is 1.40. The molecule has 0 aliphatic carbocycles. The highest BCUT2D eigenvalue weighted by atomic mass is 16.5. The van der Waals surface area contributed by atoms with E-state index in [9.17, 15) is 4.79 Å². The topological polar surface area (TPSA) is 77.2 Å². The average Bonchev–Trinajstić information content (AvgIpc) is 2.32. The van der Waals surface area contributed by atoms with E-state index >= 15 is 0 Å². The number of rotatable bonds is 6. The molecule has 5 heteroatoms. The first-order valence-corrected chi connectivity index (χ1v) is 5.77. The molecule has 0 saturated carbocycles. The third kappa shape index (κ3) is 4.03. The second-order valence-corrected chi connectivity index (χ2v) is 3.76. The molecule has 1 aromatic rings. The maximum atomic E-state index is 11.8. The van der Waals surface area contributed by atoms with E-state index in [1.54, 1.807) is 18.3 Å². The van der Waals surface area contributed by atoms with Gasteiger partial charge in [0.25, 0.3) is 0 Å². The molecular weight excluding hydrogens is 218 g/mol. The Balaban J connectivity index is 2.70. The Labute approximate surface area is 101 Å². The number of anilines is 1. The fourth-order valence-electron chi connectivity index (χ4n) is 1.37. The van der Waals surface area contributed by atoms with Gasteiger partial charge in [-0.1, -0.05) is 6.92 Å². The molecule has 1 amide bonds. The molecule has 3 N–H and O–H groups in total. The third-order valence-corrected chi connectivity index (χ3v) is 2.36. The van der Waals surface area contributed by atoms with Crippen LogP contribution in [0.5, 0.6) is 5.88 Å². The fraction of sp³-hybridized carbons (Fsp3) is 0.500. The van der Waals surface area contributed by atoms with Gasteiger partial charge in [0.05, 0.1) is 6.61 Å². The summed E-state index contributed by atoms with van der Waals surface area (Å²) in [5.74, 6) is 0.266. The van der Waals surface area contributed by atoms with Crippen LogP contribution in [0.1, 0.15) is 20.3 Å². The van der Waals surface area contributed by atoms with E-state index < -0.39 is 0 Å². The van der Waals surface area contributed by atoms with Gasteiger partial charge in [-0.05, 0) is 32.0 Å². The average molecular weight is 237 g/mol. The minimum Gasteiger partial charge on any atom is -0.476 e. The van der Waals surface area contributed by atoms with Crippen LogP contribution in [0, 0.1) is 5.92 Å². The van der Waals surface area contributed by atoms with Crippen LogP contribution in [-0.2, 0) is 4.79 Å². The number of nitrogens with zero attached hydrogens (tertiary/aromatic N) is 1. The second kappa shape index (κ2) is 6.85. The van der Waals surface area contributed by atoms with E-state index in [-0.39, 0.29) is 11.8 Å². The predicted molar refractivity (Wildman–Crippen MR) is 66.9 cm³/mol. The zero-order valence-electron chi connectivity index (χ0n) is 10.3. The van der Waals surface area contributed by atoms with E-state index in [4.69, 9.17) is 10.5 Å². The van der Waals surface area contributed by atoms with E-state index in [2.05, 4.69) is 10.3 Å². The van der Waals surface area contributed by atoms with Crippen molar-refractivity contribution in [2.45, 2.75) is 20.3 Å². The van der Waals surface area contributed by atoms with Gasteiger partial charge in [-0.3, -0.25) is 4.79 Å². The molecule has 1 atom stereocenters. The van der Waals surface area contributed by atoms with Crippen molar-refractivity contribution in [1.82, 2.24) is 4.98 Å². The van der Waals surface area contributed by atoms with Crippen molar-refractivity contribution in [2.24, 2.45) is 11.7 Å². The van der Waals surface area contributed by atoms with Crippen LogP contribution >= 0.6 is 0 Å². The number of carbonyl (C=O) groups is 1. The maximum Gasteiger partial charge on any atom is 0.237 e. The summed E-state index contributed by atoms with van der Waals surface area (Å²) >= 11 is 0. The summed E-state index contributed by atoms with van der Waals surface area (Å²) in [6.45, 7) is 4.73. The van der Waals surface area contributed by atoms with Crippen molar-refractivity contribution in [3.63, 3.8) is 0 Å². The number of aromatic nitrogens is 1. The lowest BCUT2D eigenvalue weighted by Crippen LogP contribution is -2.23. The summed E-state index contributed by atoms with van der Waals surface area (Å²) in [6.07, 6.45) is 2.29. The lowest BCUT2D eigenvalue weighted by Gasteiger charge is -2.13. The van der Waals surface area contributed by atoms with Gasteiger partial charge in [-0.15, -0.1) is 0 Å². The van der Waals surface area contributed by atoms with Gasteiger partial charge < -0.3 is 15.8 Å². The normalized spacial score (nSPS) is 11.9. The van der Waals surface area contributed by atoms with Gasteiger partial charge in [-0.25, -0.2) is 4.98 Å². The number of carbonyl (C=O) groups excluding carboxylic acids is 1. The Morgan fingerprint density at radius 1 is 1.65 bits per heavy atom. The van der Waals surface area contributed by atoms with Crippen molar-refractivity contribution < 1.29 is 9.53 Å². The molecule has 17 heavy (non-hydrogen) atoms. The lowest BCUT2D eigenvalue weighted by atomic mass is 10.1. The standard InChI is InChI=1S/C12H19N3O2/c1-3-17-12-10(5-4-8-14-12)15-11(16)9(2)6-7-13/h4-5,8-9H,3,6-7,13H2,1-2H3,(H,15,16). The minimum atomic E-state index is -0.116. The van der Waals surface area contributed by atoms with Gasteiger partial charge in [0, 0.05) is 12.1 Å². The van der Waals surface area contributed by atoms with Gasteiger partial charge in [-0.2, -0.15) is 0 Å². The second-order valence-electron chi connectivity index (χ2n) is 3.76. The van der Waals surface area contributed by atoms with Crippen LogP contribution in [-0.4, -0.2) is 24.0 Å². The third-order valence-electron chi connectivity index (χ3n) is 2.36. The lowest BCUT2D eigenvalue weighted by molar-refractivity contribution is -0.119. The van der Waals surface area contributed by atoms with Crippen molar-refractivity contribution in [3.8, 4) is 5.88 Å². The molecule has 0 aliphatic heterocycles. The summed E-state index contributed by atoms with van der Waals surface area (Å²) in [5, 5.41) is 2.80. The highest BCUT2D eigenvalue weighted by Gasteiger charge is 2.14. The number of pyridine rings is 1. The molecule has 1 aromatic heterocycles. The molecule has 0 fully saturated rings. The highest BCUT2D eigenvalue weighted by molar-refractivity contribution is 5.93. The first-order chi connectivity index (χ1) is 8.19. The number of amides is 1. The highest BCUT2D eigenvalue weighted by Crippen LogP contribution is 2.21. The Bertz CT molecular complexity index is 369. The molecule has 0 aromatic carbocycles. The summed E-state index contributed by atoms with van der Waals surface area (Å²) in [4.78, 5) is 15.9. The molecule has 0 aliphatic rings. The first kappa shape index (κ1) is 13.4. The van der Waals surface area contributed by atoms with Crippen molar-refractivity contribution in [3.05, 3.63) is 18.3 Å². The number of hydrogen-bond acceptors (Lipinski definition) is 4. The zero-order chi connectivity index (χ0) is 12.7. The number of hydrogen-bond donors (Lipinski definition) is 2. The molecular formula is C12H19N3O2. The van der Waals surface area contributed by atoms with Crippen molar-refractivity contribution in [2.75, 3.05) is 18.5 Å². The molecule has 0 radical (unpaired) electrons. The van der Waals surface area contributed by atoms with Crippen molar-refractivity contribution >= 4 is 11.6 Å². The maximum absolute atomic E-state index is 11.8. The van der Waals surface area contributed by atoms with Crippen LogP contribution < -0.4 is 15.8 Å². The Morgan fingerprint density at radius 2 is 2.41 bits per heavy atom. The molecule has 0 saturated heterocycles. The van der Waals surface area contributed by atoms with E-state index in [1.165, 1.54) is 0 Å². The molecule has 0 spiro atoms. The smallest absolute Gasteiger partial charge is 0.237 e. The molecule has 1 rings (SSSR count). The molecule has 1 unspecified atom stereocenters. The van der Waals surface area contributed by atoms with Gasteiger partial charge >= 0.3 is 0 Å². The van der Waals surface area contributed by atoms with Crippen LogP contribution in [0.25, 0.3) is 0 Å². The van der Waals surface area contributed by atoms with Crippen LogP contribution in [0.15, 0.2) is 18.3 Å². The van der Waals surface area contributed by atoms with Gasteiger partial charge in [0.1, 0.15) is 5.69 Å². The summed E-state index contributed by atoms with van der Waals surface area (Å²) in [7, 11) is 0. The van der Waals surface area contributed by atoms with E-state index in [1.807, 2.05) is 13.8 Å². The summed E-state index contributed by atoms with van der Waals surface area (Å²) in [5.41, 5.74) is 6.02. The van der Waals surface area contributed by atoms with Crippen LogP contribution in [0.4, 0.5) is 5.69 Å². The molecule has 0 bridgehead atoms. The Kier molecular flexibility index (Phi) is 5.42. The SMILES string of the molecule is CCOc1ncccc1NC(=O)C(C)CCN. The Morgan fingerprint density at radius 3 is 3.06 bits per heavy atom.